The summed E-state index contributed by atoms with van der Waals surface area (Å²) in [5, 5.41) is 2.74. The van der Waals surface area contributed by atoms with Crippen molar-refractivity contribution in [2.75, 3.05) is 185 Å². The third-order valence-electron chi connectivity index (χ3n) is 8.56. The topological polar surface area (TPSA) is 158 Å². The van der Waals surface area contributed by atoms with Crippen LogP contribution in [0.1, 0.15) is 17.0 Å². The lowest BCUT2D eigenvalue weighted by atomic mass is 9.98. The predicted molar refractivity (Wildman–Crippen MR) is 224 cm³/mol. The summed E-state index contributed by atoms with van der Waals surface area (Å²) in [5.41, 5.74) is 4.77. The lowest BCUT2D eigenvalue weighted by Gasteiger charge is -2.14. The van der Waals surface area contributed by atoms with Crippen molar-refractivity contribution in [2.45, 2.75) is 5.92 Å². The Kier molecular flexibility index (Phi) is 32.2. The van der Waals surface area contributed by atoms with Crippen molar-refractivity contribution in [2.24, 2.45) is 0 Å². The van der Waals surface area contributed by atoms with E-state index in [0.29, 0.717) is 178 Å². The van der Waals surface area contributed by atoms with Gasteiger partial charge in [0.25, 0.3) is 0 Å². The highest BCUT2D eigenvalue weighted by atomic mass is 16.6. The van der Waals surface area contributed by atoms with Gasteiger partial charge in [0, 0.05) is 12.5 Å². The molecule has 1 N–H and O–H groups in total. The van der Waals surface area contributed by atoms with E-state index in [0.717, 1.165) is 0 Å². The van der Waals surface area contributed by atoms with E-state index >= 15 is 0 Å². The third-order valence-corrected chi connectivity index (χ3v) is 8.56. The first-order chi connectivity index (χ1) is 29.8. The summed E-state index contributed by atoms with van der Waals surface area (Å²) < 4.78 is 76.6. The van der Waals surface area contributed by atoms with E-state index < -0.39 is 6.09 Å². The van der Waals surface area contributed by atoms with Crippen molar-refractivity contribution < 1.29 is 71.1 Å². The average molecular weight is 852 g/mol. The molecule has 0 aromatic heterocycles. The number of hydrogen-bond acceptors (Lipinski definition) is 15. The first-order valence-electron chi connectivity index (χ1n) is 21.0. The average Bonchev–Trinajstić information content (AvgIpc) is 3.59. The molecule has 0 spiro atoms. The van der Waals surface area contributed by atoms with E-state index in [-0.39, 0.29) is 12.5 Å². The van der Waals surface area contributed by atoms with Gasteiger partial charge in [0.1, 0.15) is 6.61 Å². The number of carbonyl (C=O) groups is 1. The molecule has 1 aliphatic carbocycles. The lowest BCUT2D eigenvalue weighted by Crippen LogP contribution is -2.29. The van der Waals surface area contributed by atoms with Gasteiger partial charge < -0.3 is 71.6 Å². The SMILES string of the molecule is C=CCOCCOCCOCCOCCOCCOCCOCCOCCOCCOCCOCCOCCOCCNC(=O)OCC1c2ccccc2-c2ccccc21. The maximum absolute atomic E-state index is 12.3. The highest BCUT2D eigenvalue weighted by Gasteiger charge is 2.29. The monoisotopic (exact) mass is 851 g/mol. The highest BCUT2D eigenvalue weighted by Crippen LogP contribution is 2.44. The number of ether oxygens (including phenoxy) is 14. The van der Waals surface area contributed by atoms with E-state index in [4.69, 9.17) is 66.3 Å². The molecule has 2 aromatic rings. The largest absolute Gasteiger partial charge is 0.449 e. The van der Waals surface area contributed by atoms with Gasteiger partial charge in [-0.15, -0.1) is 6.58 Å². The van der Waals surface area contributed by atoms with Gasteiger partial charge in [0.2, 0.25) is 0 Å². The van der Waals surface area contributed by atoms with Crippen LogP contribution >= 0.6 is 0 Å². The smallest absolute Gasteiger partial charge is 0.407 e. The van der Waals surface area contributed by atoms with Gasteiger partial charge in [-0.3, -0.25) is 0 Å². The summed E-state index contributed by atoms with van der Waals surface area (Å²) in [6.45, 7) is 17.0. The van der Waals surface area contributed by atoms with E-state index in [9.17, 15) is 4.79 Å². The second-order valence-corrected chi connectivity index (χ2v) is 13.0. The summed E-state index contributed by atoms with van der Waals surface area (Å²) in [6.07, 6.45) is 1.25. The summed E-state index contributed by atoms with van der Waals surface area (Å²) in [4.78, 5) is 12.3. The second kappa shape index (κ2) is 37.7. The molecule has 0 atom stereocenters. The summed E-state index contributed by atoms with van der Waals surface area (Å²) in [5.74, 6) is 0.0340. The number of benzene rings is 2. The lowest BCUT2D eigenvalue weighted by molar-refractivity contribution is -0.0288. The fourth-order valence-corrected chi connectivity index (χ4v) is 5.68. The van der Waals surface area contributed by atoms with E-state index in [1.807, 2.05) is 24.3 Å². The van der Waals surface area contributed by atoms with Crippen LogP contribution < -0.4 is 5.32 Å². The molecule has 16 heteroatoms. The molecule has 1 amide bonds. The summed E-state index contributed by atoms with van der Waals surface area (Å²) in [7, 11) is 0. The number of nitrogens with one attached hydrogen (secondary N) is 1. The third kappa shape index (κ3) is 25.6. The fourth-order valence-electron chi connectivity index (χ4n) is 5.68. The molecule has 0 saturated heterocycles. The molecular weight excluding hydrogens is 782 g/mol. The molecule has 0 fully saturated rings. The first-order valence-corrected chi connectivity index (χ1v) is 21.0. The van der Waals surface area contributed by atoms with Crippen LogP contribution in [0.3, 0.4) is 0 Å². The zero-order chi connectivity index (χ0) is 42.2. The van der Waals surface area contributed by atoms with Crippen molar-refractivity contribution in [3.05, 3.63) is 72.3 Å². The van der Waals surface area contributed by atoms with Gasteiger partial charge in [0.15, 0.2) is 0 Å². The van der Waals surface area contributed by atoms with Crippen LogP contribution in [0, 0.1) is 0 Å². The van der Waals surface area contributed by atoms with Crippen LogP contribution in [-0.2, 0) is 66.3 Å². The second-order valence-electron chi connectivity index (χ2n) is 13.0. The van der Waals surface area contributed by atoms with Gasteiger partial charge in [0.05, 0.1) is 172 Å². The van der Waals surface area contributed by atoms with Crippen molar-refractivity contribution in [1.29, 1.82) is 0 Å². The van der Waals surface area contributed by atoms with Gasteiger partial charge in [-0.05, 0) is 22.3 Å². The molecule has 1 aliphatic rings. The summed E-state index contributed by atoms with van der Waals surface area (Å²) >= 11 is 0. The van der Waals surface area contributed by atoms with E-state index in [2.05, 4.69) is 36.2 Å². The molecule has 0 unspecified atom stereocenters. The Hall–Kier alpha value is -3.07. The van der Waals surface area contributed by atoms with Crippen molar-refractivity contribution in [3.63, 3.8) is 0 Å². The number of fused-ring (bicyclic) bond motifs is 3. The van der Waals surface area contributed by atoms with Gasteiger partial charge >= 0.3 is 6.09 Å². The maximum Gasteiger partial charge on any atom is 0.407 e. The van der Waals surface area contributed by atoms with Crippen LogP contribution in [-0.4, -0.2) is 191 Å². The number of carbonyl (C=O) groups excluding carboxylic acids is 1. The predicted octanol–water partition coefficient (Wildman–Crippen LogP) is 3.93. The van der Waals surface area contributed by atoms with Gasteiger partial charge in [-0.25, -0.2) is 4.79 Å². The Labute approximate surface area is 356 Å². The van der Waals surface area contributed by atoms with Crippen LogP contribution in [0.25, 0.3) is 11.1 Å². The molecule has 340 valence electrons. The van der Waals surface area contributed by atoms with E-state index in [1.165, 1.54) is 22.3 Å². The summed E-state index contributed by atoms with van der Waals surface area (Å²) in [6, 6.07) is 16.5. The minimum absolute atomic E-state index is 0.0340. The molecule has 3 rings (SSSR count). The molecule has 0 heterocycles. The van der Waals surface area contributed by atoms with Gasteiger partial charge in [-0.2, -0.15) is 0 Å². The van der Waals surface area contributed by atoms with Crippen LogP contribution in [0.2, 0.25) is 0 Å². The van der Waals surface area contributed by atoms with E-state index in [1.54, 1.807) is 6.08 Å². The number of amides is 1. The molecule has 0 bridgehead atoms. The molecule has 60 heavy (non-hydrogen) atoms. The quantitative estimate of drug-likeness (QED) is 0.0756. The highest BCUT2D eigenvalue weighted by molar-refractivity contribution is 5.79. The molecular formula is C44H69NO15. The standard InChI is InChI=1S/C44H69NO15/c1-2-12-47-14-16-49-18-20-51-22-24-53-26-28-55-30-32-57-34-36-59-37-35-58-33-31-56-29-27-54-25-23-52-21-19-50-17-15-48-13-11-45-44(46)60-38-43-41-9-5-3-7-39(41)40-8-4-6-10-42(40)43/h2-10,43H,1,11-38H2,(H,45,46). The number of alkyl carbamates (subject to hydrolysis) is 1. The van der Waals surface area contributed by atoms with Gasteiger partial charge in [-0.1, -0.05) is 54.6 Å². The molecule has 2 aromatic carbocycles. The molecule has 16 nitrogen and oxygen atoms in total. The Morgan fingerprint density at radius 1 is 0.433 bits per heavy atom. The van der Waals surface area contributed by atoms with Crippen LogP contribution in [0.4, 0.5) is 4.79 Å². The maximum atomic E-state index is 12.3. The van der Waals surface area contributed by atoms with Crippen molar-refractivity contribution in [1.82, 2.24) is 5.32 Å². The fraction of sp³-hybridized carbons (Fsp3) is 0.659. The zero-order valence-corrected chi connectivity index (χ0v) is 35.4. The normalized spacial score (nSPS) is 12.1. The Morgan fingerprint density at radius 2 is 0.717 bits per heavy atom. The Bertz CT molecular complexity index is 1280. The molecule has 0 saturated carbocycles. The number of rotatable bonds is 43. The number of hydrogen-bond donors (Lipinski definition) is 1. The minimum Gasteiger partial charge on any atom is -0.449 e. The first kappa shape index (κ1) is 51.3. The Morgan fingerprint density at radius 3 is 1.03 bits per heavy atom. The van der Waals surface area contributed by atoms with Crippen LogP contribution in [0.15, 0.2) is 61.2 Å². The molecule has 0 aliphatic heterocycles. The van der Waals surface area contributed by atoms with Crippen molar-refractivity contribution in [3.8, 4) is 11.1 Å². The van der Waals surface area contributed by atoms with Crippen molar-refractivity contribution >= 4 is 6.09 Å². The zero-order valence-electron chi connectivity index (χ0n) is 35.4. The Balaban J connectivity index is 0.919. The van der Waals surface area contributed by atoms with Crippen LogP contribution in [0.5, 0.6) is 0 Å². The molecule has 0 radical (unpaired) electrons. The minimum atomic E-state index is -0.454.